The molecule has 0 aliphatic carbocycles. The highest BCUT2D eigenvalue weighted by Gasteiger charge is 2.35. The number of hydrogen-bond donors (Lipinski definition) is 1. The average Bonchev–Trinajstić information content (AvgIpc) is 2.32. The van der Waals surface area contributed by atoms with E-state index in [1.807, 2.05) is 13.8 Å². The number of para-hydroxylation sites is 1. The average molecular weight is 287 g/mol. The van der Waals surface area contributed by atoms with E-state index in [0.29, 0.717) is 6.54 Å². The van der Waals surface area contributed by atoms with E-state index in [2.05, 4.69) is 0 Å². The first-order chi connectivity index (χ1) is 8.44. The van der Waals surface area contributed by atoms with Gasteiger partial charge in [0.25, 0.3) is 0 Å². The third-order valence-corrected chi connectivity index (χ3v) is 6.65. The highest BCUT2D eigenvalue weighted by atomic mass is 32.2. The smallest absolute Gasteiger partial charge is 0.247 e. The zero-order valence-electron chi connectivity index (χ0n) is 10.4. The first-order valence-electron chi connectivity index (χ1n) is 5.86. The number of hydrogen-bond acceptors (Lipinski definition) is 4. The summed E-state index contributed by atoms with van der Waals surface area (Å²) in [7, 11) is -3.60. The predicted octanol–water partition coefficient (Wildman–Crippen LogP) is 1.91. The molecule has 2 unspecified atom stereocenters. The summed E-state index contributed by atoms with van der Waals surface area (Å²) in [5.41, 5.74) is 0. The van der Waals surface area contributed by atoms with Gasteiger partial charge in [0.15, 0.2) is 0 Å². The van der Waals surface area contributed by atoms with Crippen molar-refractivity contribution in [2.75, 3.05) is 12.3 Å². The van der Waals surface area contributed by atoms with Gasteiger partial charge in [-0.2, -0.15) is 16.1 Å². The summed E-state index contributed by atoms with van der Waals surface area (Å²) in [6, 6.07) is 6.03. The summed E-state index contributed by atoms with van der Waals surface area (Å²) in [4.78, 5) is -0.00375. The van der Waals surface area contributed by atoms with Gasteiger partial charge in [-0.05, 0) is 19.1 Å². The molecule has 0 bridgehead atoms. The van der Waals surface area contributed by atoms with Crippen LogP contribution in [0.3, 0.4) is 0 Å². The van der Waals surface area contributed by atoms with E-state index in [9.17, 15) is 13.5 Å². The number of phenolic OH excluding ortho intramolecular Hbond substituents is 1. The standard InChI is InChI=1S/C12H17NO3S2/c1-9-10(2)17-8-7-13(9)18(15,16)12-6-4-3-5-11(12)14/h3-6,9-10,14H,7-8H2,1-2H3. The Labute approximate surface area is 112 Å². The van der Waals surface area contributed by atoms with Crippen LogP contribution in [-0.2, 0) is 10.0 Å². The molecule has 0 radical (unpaired) electrons. The quantitative estimate of drug-likeness (QED) is 0.902. The van der Waals surface area contributed by atoms with Crippen LogP contribution in [0.4, 0.5) is 0 Å². The Morgan fingerprint density at radius 3 is 2.67 bits per heavy atom. The molecule has 1 aliphatic rings. The Morgan fingerprint density at radius 1 is 1.33 bits per heavy atom. The normalized spacial score (nSPS) is 26.1. The lowest BCUT2D eigenvalue weighted by Crippen LogP contribution is -2.47. The Hall–Kier alpha value is -0.720. The molecule has 0 amide bonds. The van der Waals surface area contributed by atoms with Gasteiger partial charge in [-0.15, -0.1) is 0 Å². The SMILES string of the molecule is CC1SCCN(S(=O)(=O)c2ccccc2O)C1C. The molecule has 1 aromatic carbocycles. The van der Waals surface area contributed by atoms with Crippen LogP contribution in [0, 0.1) is 0 Å². The summed E-state index contributed by atoms with van der Waals surface area (Å²) in [6.07, 6.45) is 0. The van der Waals surface area contributed by atoms with Crippen molar-refractivity contribution in [3.8, 4) is 5.75 Å². The molecule has 18 heavy (non-hydrogen) atoms. The van der Waals surface area contributed by atoms with Crippen molar-refractivity contribution in [2.24, 2.45) is 0 Å². The second kappa shape index (κ2) is 5.11. The van der Waals surface area contributed by atoms with E-state index in [4.69, 9.17) is 0 Å². The first kappa shape index (κ1) is 13.7. The summed E-state index contributed by atoms with van der Waals surface area (Å²) >= 11 is 1.78. The van der Waals surface area contributed by atoms with Crippen LogP contribution in [0.5, 0.6) is 5.75 Å². The third-order valence-electron chi connectivity index (χ3n) is 3.28. The zero-order chi connectivity index (χ0) is 13.3. The molecule has 2 rings (SSSR count). The molecule has 4 nitrogen and oxygen atoms in total. The van der Waals surface area contributed by atoms with Gasteiger partial charge in [0, 0.05) is 23.6 Å². The minimum Gasteiger partial charge on any atom is -0.507 e. The van der Waals surface area contributed by atoms with Crippen molar-refractivity contribution in [3.63, 3.8) is 0 Å². The van der Waals surface area contributed by atoms with Crippen molar-refractivity contribution in [1.82, 2.24) is 4.31 Å². The second-order valence-electron chi connectivity index (χ2n) is 4.40. The zero-order valence-corrected chi connectivity index (χ0v) is 12.0. The number of rotatable bonds is 2. The summed E-state index contributed by atoms with van der Waals surface area (Å²) in [6.45, 7) is 4.43. The van der Waals surface area contributed by atoms with Gasteiger partial charge in [-0.3, -0.25) is 0 Å². The molecular weight excluding hydrogens is 270 g/mol. The van der Waals surface area contributed by atoms with Crippen molar-refractivity contribution in [3.05, 3.63) is 24.3 Å². The molecule has 6 heteroatoms. The minimum atomic E-state index is -3.60. The molecule has 1 heterocycles. The Balaban J connectivity index is 2.40. The Kier molecular flexibility index (Phi) is 3.89. The van der Waals surface area contributed by atoms with Gasteiger partial charge < -0.3 is 5.11 Å². The molecule has 1 fully saturated rings. The molecule has 1 N–H and O–H groups in total. The molecule has 1 aromatic rings. The lowest BCUT2D eigenvalue weighted by atomic mass is 10.2. The van der Waals surface area contributed by atoms with E-state index in [1.165, 1.54) is 16.4 Å². The van der Waals surface area contributed by atoms with Gasteiger partial charge >= 0.3 is 0 Å². The maximum absolute atomic E-state index is 12.5. The van der Waals surface area contributed by atoms with E-state index < -0.39 is 10.0 Å². The van der Waals surface area contributed by atoms with E-state index in [1.54, 1.807) is 23.9 Å². The Bertz CT molecular complexity index is 530. The van der Waals surface area contributed by atoms with Crippen LogP contribution in [0.1, 0.15) is 13.8 Å². The summed E-state index contributed by atoms with van der Waals surface area (Å²) < 4.78 is 26.5. The van der Waals surface area contributed by atoms with E-state index in [-0.39, 0.29) is 21.9 Å². The van der Waals surface area contributed by atoms with E-state index >= 15 is 0 Å². The molecule has 100 valence electrons. The molecular formula is C12H17NO3S2. The highest BCUT2D eigenvalue weighted by molar-refractivity contribution is 8.00. The second-order valence-corrected chi connectivity index (χ2v) is 7.74. The number of phenols is 1. The monoisotopic (exact) mass is 287 g/mol. The van der Waals surface area contributed by atoms with Crippen LogP contribution >= 0.6 is 11.8 Å². The molecule has 2 atom stereocenters. The van der Waals surface area contributed by atoms with Crippen molar-refractivity contribution >= 4 is 21.8 Å². The molecule has 0 saturated carbocycles. The lowest BCUT2D eigenvalue weighted by molar-refractivity contribution is 0.338. The topological polar surface area (TPSA) is 57.6 Å². The van der Waals surface area contributed by atoms with Crippen molar-refractivity contribution in [1.29, 1.82) is 0 Å². The Morgan fingerprint density at radius 2 is 2.00 bits per heavy atom. The fourth-order valence-corrected chi connectivity index (χ4v) is 5.13. The van der Waals surface area contributed by atoms with Gasteiger partial charge in [0.05, 0.1) is 0 Å². The van der Waals surface area contributed by atoms with Crippen LogP contribution in [0.25, 0.3) is 0 Å². The maximum atomic E-state index is 12.5. The highest BCUT2D eigenvalue weighted by Crippen LogP contribution is 2.32. The third kappa shape index (κ3) is 2.37. The van der Waals surface area contributed by atoms with Crippen molar-refractivity contribution < 1.29 is 13.5 Å². The first-order valence-corrected chi connectivity index (χ1v) is 8.35. The maximum Gasteiger partial charge on any atom is 0.247 e. The van der Waals surface area contributed by atoms with Gasteiger partial charge in [-0.1, -0.05) is 19.1 Å². The fraction of sp³-hybridized carbons (Fsp3) is 0.500. The number of aromatic hydroxyl groups is 1. The van der Waals surface area contributed by atoms with E-state index in [0.717, 1.165) is 5.75 Å². The number of nitrogens with zero attached hydrogens (tertiary/aromatic N) is 1. The van der Waals surface area contributed by atoms with Crippen molar-refractivity contribution in [2.45, 2.75) is 30.0 Å². The largest absolute Gasteiger partial charge is 0.507 e. The number of benzene rings is 1. The number of sulfonamides is 1. The van der Waals surface area contributed by atoms with Crippen LogP contribution in [0.15, 0.2) is 29.2 Å². The lowest BCUT2D eigenvalue weighted by Gasteiger charge is -2.36. The van der Waals surface area contributed by atoms with Crippen LogP contribution in [-0.4, -0.2) is 41.4 Å². The molecule has 0 aromatic heterocycles. The number of thioether (sulfide) groups is 1. The molecule has 1 aliphatic heterocycles. The summed E-state index contributed by atoms with van der Waals surface area (Å²) in [5.74, 6) is 0.605. The fourth-order valence-electron chi connectivity index (χ4n) is 2.05. The van der Waals surface area contributed by atoms with Crippen LogP contribution < -0.4 is 0 Å². The molecule has 1 saturated heterocycles. The van der Waals surface area contributed by atoms with Gasteiger partial charge in [0.2, 0.25) is 10.0 Å². The summed E-state index contributed by atoms with van der Waals surface area (Å²) in [5, 5.41) is 9.98. The van der Waals surface area contributed by atoms with Gasteiger partial charge in [0.1, 0.15) is 10.6 Å². The predicted molar refractivity (Wildman–Crippen MR) is 73.4 cm³/mol. The molecule has 0 spiro atoms. The minimum absolute atomic E-state index is 0.00375. The van der Waals surface area contributed by atoms with Crippen LogP contribution in [0.2, 0.25) is 0 Å². The van der Waals surface area contributed by atoms with Gasteiger partial charge in [-0.25, -0.2) is 8.42 Å².